The van der Waals surface area contributed by atoms with Crippen LogP contribution in [-0.4, -0.2) is 35.1 Å². The van der Waals surface area contributed by atoms with Crippen LogP contribution in [0, 0.1) is 24.7 Å². The van der Waals surface area contributed by atoms with E-state index in [0.29, 0.717) is 23.5 Å². The lowest BCUT2D eigenvalue weighted by Crippen LogP contribution is -2.31. The van der Waals surface area contributed by atoms with Crippen molar-refractivity contribution in [2.75, 3.05) is 11.4 Å². The van der Waals surface area contributed by atoms with E-state index < -0.39 is 11.9 Å². The third-order valence-electron chi connectivity index (χ3n) is 7.71. The summed E-state index contributed by atoms with van der Waals surface area (Å²) in [6.45, 7) is 4.07. The third-order valence-corrected chi connectivity index (χ3v) is 7.71. The fourth-order valence-electron chi connectivity index (χ4n) is 5.72. The molecule has 35 heavy (non-hydrogen) atoms. The average Bonchev–Trinajstić information content (AvgIpc) is 3.37. The summed E-state index contributed by atoms with van der Waals surface area (Å²) in [5.74, 6) is -1.39. The first-order chi connectivity index (χ1) is 16.8. The van der Waals surface area contributed by atoms with E-state index in [4.69, 9.17) is 4.74 Å². The van der Waals surface area contributed by atoms with Crippen LogP contribution in [0.5, 0.6) is 5.75 Å². The Hall–Kier alpha value is -3.48. The van der Waals surface area contributed by atoms with Crippen molar-refractivity contribution in [2.45, 2.75) is 52.0 Å². The van der Waals surface area contributed by atoms with Gasteiger partial charge in [-0.1, -0.05) is 43.2 Å². The summed E-state index contributed by atoms with van der Waals surface area (Å²) < 4.78 is 5.62. The maximum absolute atomic E-state index is 12.9. The molecule has 7 nitrogen and oxygen atoms in total. The van der Waals surface area contributed by atoms with Gasteiger partial charge in [-0.3, -0.25) is 19.2 Å². The summed E-state index contributed by atoms with van der Waals surface area (Å²) in [7, 11) is 0. The first-order valence-corrected chi connectivity index (χ1v) is 12.4. The van der Waals surface area contributed by atoms with Crippen molar-refractivity contribution >= 4 is 29.4 Å². The molecule has 3 fully saturated rings. The van der Waals surface area contributed by atoms with Crippen LogP contribution in [0.1, 0.15) is 56.2 Å². The number of fused-ring (bicyclic) bond motifs is 1. The predicted octanol–water partition coefficient (Wildman–Crippen LogP) is 4.19. The van der Waals surface area contributed by atoms with E-state index in [0.717, 1.165) is 31.2 Å². The summed E-state index contributed by atoms with van der Waals surface area (Å²) in [5.41, 5.74) is 2.26. The number of nitrogens with zero attached hydrogens (tertiary/aromatic N) is 2. The van der Waals surface area contributed by atoms with Gasteiger partial charge in [-0.05, 0) is 56.0 Å². The molecule has 182 valence electrons. The van der Waals surface area contributed by atoms with E-state index in [1.807, 2.05) is 37.3 Å². The molecule has 2 saturated heterocycles. The predicted molar refractivity (Wildman–Crippen MR) is 129 cm³/mol. The van der Waals surface area contributed by atoms with E-state index in [9.17, 15) is 19.2 Å². The number of anilines is 1. The van der Waals surface area contributed by atoms with Crippen molar-refractivity contribution in [2.24, 2.45) is 17.8 Å². The van der Waals surface area contributed by atoms with Gasteiger partial charge in [0.15, 0.2) is 0 Å². The SMILES string of the molecule is Cc1cc(OC(=O)[C@@H]2CC(=O)N([C@H](C)c3ccccc3)C2)ccc1N1C(=O)[C@H]2CCCC[C@@H]2C1=O. The van der Waals surface area contributed by atoms with Crippen LogP contribution in [0.4, 0.5) is 5.69 Å². The molecule has 0 spiro atoms. The number of carbonyl (C=O) groups is 4. The second kappa shape index (κ2) is 9.29. The van der Waals surface area contributed by atoms with Crippen LogP contribution in [-0.2, 0) is 19.2 Å². The van der Waals surface area contributed by atoms with E-state index in [1.54, 1.807) is 30.0 Å². The molecule has 5 rings (SSSR count). The molecule has 1 aliphatic carbocycles. The third kappa shape index (κ3) is 4.24. The Bertz CT molecular complexity index is 1150. The number of aryl methyl sites for hydroxylation is 1. The molecule has 7 heteroatoms. The highest BCUT2D eigenvalue weighted by atomic mass is 16.5. The highest BCUT2D eigenvalue weighted by Gasteiger charge is 2.49. The molecule has 0 unspecified atom stereocenters. The first-order valence-electron chi connectivity index (χ1n) is 12.4. The molecule has 2 aromatic carbocycles. The van der Waals surface area contributed by atoms with E-state index in [2.05, 4.69) is 0 Å². The molecule has 0 radical (unpaired) electrons. The molecule has 0 N–H and O–H groups in total. The molecule has 2 heterocycles. The second-order valence-electron chi connectivity index (χ2n) is 9.91. The summed E-state index contributed by atoms with van der Waals surface area (Å²) >= 11 is 0. The standard InChI is InChI=1S/C28H30N2O5/c1-17-14-21(12-13-24(17)30-26(32)22-10-6-7-11-23(22)27(30)33)35-28(34)20-15-25(31)29(16-20)18(2)19-8-4-3-5-9-19/h3-5,8-9,12-14,18,20,22-23H,6-7,10-11,15-16H2,1-2H3/t18-,20-,22+,23+/m1/s1. The number of carbonyl (C=O) groups excluding carboxylic acids is 4. The Labute approximate surface area is 205 Å². The Morgan fingerprint density at radius 2 is 1.63 bits per heavy atom. The van der Waals surface area contributed by atoms with E-state index in [1.165, 1.54) is 4.90 Å². The van der Waals surface area contributed by atoms with Crippen molar-refractivity contribution < 1.29 is 23.9 Å². The van der Waals surface area contributed by atoms with Gasteiger partial charge in [0.05, 0.1) is 29.5 Å². The molecule has 2 aliphatic heterocycles. The van der Waals surface area contributed by atoms with Gasteiger partial charge in [-0.25, -0.2) is 4.90 Å². The maximum Gasteiger partial charge on any atom is 0.316 e. The number of benzene rings is 2. The molecule has 4 atom stereocenters. The topological polar surface area (TPSA) is 84.0 Å². The normalized spacial score (nSPS) is 25.1. The monoisotopic (exact) mass is 474 g/mol. The zero-order valence-electron chi connectivity index (χ0n) is 20.1. The van der Waals surface area contributed by atoms with E-state index >= 15 is 0 Å². The van der Waals surface area contributed by atoms with Crippen LogP contribution in [0.25, 0.3) is 0 Å². The molecule has 1 saturated carbocycles. The lowest BCUT2D eigenvalue weighted by atomic mass is 9.81. The van der Waals surface area contributed by atoms with Crippen molar-refractivity contribution in [3.05, 3.63) is 59.7 Å². The first kappa shape index (κ1) is 23.3. The van der Waals surface area contributed by atoms with Crippen molar-refractivity contribution in [3.63, 3.8) is 0 Å². The summed E-state index contributed by atoms with van der Waals surface area (Å²) in [6, 6.07) is 14.6. The number of rotatable bonds is 5. The van der Waals surface area contributed by atoms with Gasteiger partial charge in [-0.15, -0.1) is 0 Å². The molecule has 3 aliphatic rings. The Kier molecular flexibility index (Phi) is 6.17. The number of amides is 3. The van der Waals surface area contributed by atoms with Gasteiger partial charge >= 0.3 is 5.97 Å². The Morgan fingerprint density at radius 1 is 0.971 bits per heavy atom. The lowest BCUT2D eigenvalue weighted by Gasteiger charge is -2.25. The van der Waals surface area contributed by atoms with Gasteiger partial charge in [-0.2, -0.15) is 0 Å². The van der Waals surface area contributed by atoms with Gasteiger partial charge in [0.1, 0.15) is 5.75 Å². The minimum Gasteiger partial charge on any atom is -0.426 e. The molecule has 0 aromatic heterocycles. The van der Waals surface area contributed by atoms with Gasteiger partial charge in [0.2, 0.25) is 17.7 Å². The quantitative estimate of drug-likeness (QED) is 0.369. The van der Waals surface area contributed by atoms with Crippen molar-refractivity contribution in [1.82, 2.24) is 4.90 Å². The van der Waals surface area contributed by atoms with Crippen LogP contribution >= 0.6 is 0 Å². The number of likely N-dealkylation sites (tertiary alicyclic amines) is 1. The number of esters is 1. The fourth-order valence-corrected chi connectivity index (χ4v) is 5.72. The number of hydrogen-bond acceptors (Lipinski definition) is 5. The zero-order valence-corrected chi connectivity index (χ0v) is 20.1. The largest absolute Gasteiger partial charge is 0.426 e. The summed E-state index contributed by atoms with van der Waals surface area (Å²) in [4.78, 5) is 54.4. The van der Waals surface area contributed by atoms with Gasteiger partial charge < -0.3 is 9.64 Å². The summed E-state index contributed by atoms with van der Waals surface area (Å²) in [6.07, 6.45) is 3.61. The molecular weight excluding hydrogens is 444 g/mol. The highest BCUT2D eigenvalue weighted by Crippen LogP contribution is 2.41. The van der Waals surface area contributed by atoms with Crippen molar-refractivity contribution in [3.8, 4) is 5.75 Å². The van der Waals surface area contributed by atoms with Gasteiger partial charge in [0.25, 0.3) is 0 Å². The smallest absolute Gasteiger partial charge is 0.316 e. The maximum atomic E-state index is 12.9. The number of imide groups is 1. The van der Waals surface area contributed by atoms with Crippen molar-refractivity contribution in [1.29, 1.82) is 0 Å². The van der Waals surface area contributed by atoms with Crippen LogP contribution in [0.2, 0.25) is 0 Å². The van der Waals surface area contributed by atoms with Crippen LogP contribution in [0.3, 0.4) is 0 Å². The Morgan fingerprint density at radius 3 is 2.26 bits per heavy atom. The average molecular weight is 475 g/mol. The molecule has 2 aromatic rings. The minimum absolute atomic E-state index is 0.0673. The second-order valence-corrected chi connectivity index (χ2v) is 9.91. The minimum atomic E-state index is -0.543. The molecular formula is C28H30N2O5. The fraction of sp³-hybridized carbons (Fsp3) is 0.429. The molecule has 3 amide bonds. The summed E-state index contributed by atoms with van der Waals surface area (Å²) in [5, 5.41) is 0. The number of ether oxygens (including phenoxy) is 1. The lowest BCUT2D eigenvalue weighted by molar-refractivity contribution is -0.139. The highest BCUT2D eigenvalue weighted by molar-refractivity contribution is 6.22. The van der Waals surface area contributed by atoms with Crippen LogP contribution in [0.15, 0.2) is 48.5 Å². The van der Waals surface area contributed by atoms with E-state index in [-0.39, 0.29) is 42.0 Å². The molecule has 0 bridgehead atoms. The number of hydrogen-bond donors (Lipinski definition) is 0. The van der Waals surface area contributed by atoms with Crippen LogP contribution < -0.4 is 9.64 Å². The Balaban J connectivity index is 1.26. The van der Waals surface area contributed by atoms with Gasteiger partial charge in [0, 0.05) is 13.0 Å². The zero-order chi connectivity index (χ0) is 24.7.